The maximum Gasteiger partial charge on any atom is 0.197 e. The van der Waals surface area contributed by atoms with Crippen molar-refractivity contribution in [3.05, 3.63) is 58.7 Å². The van der Waals surface area contributed by atoms with Gasteiger partial charge in [-0.05, 0) is 25.7 Å². The smallest absolute Gasteiger partial charge is 0.197 e. The van der Waals surface area contributed by atoms with E-state index in [-0.39, 0.29) is 23.0 Å². The topological polar surface area (TPSA) is 12.5 Å². The Balaban J connectivity index is 1.86. The molecule has 0 N–H and O–H groups in total. The molecular weight excluding hydrogens is 308 g/mol. The highest BCUT2D eigenvalue weighted by Gasteiger charge is 2.82. The summed E-state index contributed by atoms with van der Waals surface area (Å²) in [5.74, 6) is -7.14. The van der Waals surface area contributed by atoms with Crippen LogP contribution in [-0.2, 0) is 4.74 Å². The molecule has 5 heteroatoms. The van der Waals surface area contributed by atoms with Gasteiger partial charge in [0.05, 0.1) is 5.60 Å². The number of allylic oxidation sites excluding steroid dienone is 4. The van der Waals surface area contributed by atoms with Crippen molar-refractivity contribution in [2.45, 2.75) is 36.9 Å². The van der Waals surface area contributed by atoms with Gasteiger partial charge in [0.2, 0.25) is 0 Å². The van der Waals surface area contributed by atoms with Crippen molar-refractivity contribution < 1.29 is 22.3 Å². The van der Waals surface area contributed by atoms with Gasteiger partial charge in [-0.25, -0.2) is 17.6 Å². The van der Waals surface area contributed by atoms with E-state index in [1.54, 1.807) is 0 Å². The SMILES string of the molecule is CC1(C)OC12[C@H]1c3c(F)c(F)c(F)c(F)c3[C@H]2[C@H]2C=CC=C[C@@H]21. The van der Waals surface area contributed by atoms with Crippen LogP contribution >= 0.6 is 0 Å². The molecule has 1 aromatic rings. The number of benzene rings is 1. The fourth-order valence-corrected chi connectivity index (χ4v) is 5.43. The Bertz CT molecular complexity index is 766. The third-order valence-corrected chi connectivity index (χ3v) is 6.20. The lowest BCUT2D eigenvalue weighted by Gasteiger charge is -2.30. The van der Waals surface area contributed by atoms with E-state index in [1.807, 2.05) is 38.2 Å². The van der Waals surface area contributed by atoms with Gasteiger partial charge in [0.25, 0.3) is 0 Å². The van der Waals surface area contributed by atoms with Crippen LogP contribution in [0.2, 0.25) is 0 Å². The molecule has 3 aliphatic carbocycles. The molecule has 1 saturated carbocycles. The predicted molar refractivity (Wildman–Crippen MR) is 74.9 cm³/mol. The molecule has 1 heterocycles. The molecule has 23 heavy (non-hydrogen) atoms. The van der Waals surface area contributed by atoms with Gasteiger partial charge in [0.15, 0.2) is 23.3 Å². The first-order valence-corrected chi connectivity index (χ1v) is 7.74. The maximum atomic E-state index is 14.5. The number of halogens is 4. The molecule has 120 valence electrons. The number of hydrogen-bond donors (Lipinski definition) is 0. The Kier molecular flexibility index (Phi) is 2.23. The van der Waals surface area contributed by atoms with Gasteiger partial charge in [-0.1, -0.05) is 24.3 Å². The highest BCUT2D eigenvalue weighted by Crippen LogP contribution is 2.78. The molecule has 2 bridgehead atoms. The normalized spacial score (nSPS) is 40.6. The summed E-state index contributed by atoms with van der Waals surface area (Å²) < 4.78 is 62.6. The summed E-state index contributed by atoms with van der Waals surface area (Å²) in [7, 11) is 0. The van der Waals surface area contributed by atoms with Crippen LogP contribution in [0, 0.1) is 35.1 Å². The van der Waals surface area contributed by atoms with E-state index < -0.39 is 46.3 Å². The van der Waals surface area contributed by atoms with Crippen molar-refractivity contribution in [2.75, 3.05) is 0 Å². The third kappa shape index (κ3) is 1.24. The highest BCUT2D eigenvalue weighted by atomic mass is 19.2. The van der Waals surface area contributed by atoms with Crippen molar-refractivity contribution in [1.82, 2.24) is 0 Å². The van der Waals surface area contributed by atoms with E-state index in [4.69, 9.17) is 4.74 Å². The molecular formula is C18H14F4O. The molecule has 0 amide bonds. The summed E-state index contributed by atoms with van der Waals surface area (Å²) in [4.78, 5) is 0. The van der Waals surface area contributed by atoms with E-state index in [2.05, 4.69) is 0 Å². The molecule has 0 aromatic heterocycles. The van der Waals surface area contributed by atoms with E-state index in [9.17, 15) is 17.6 Å². The summed E-state index contributed by atoms with van der Waals surface area (Å²) >= 11 is 0. The van der Waals surface area contributed by atoms with Crippen molar-refractivity contribution in [3.8, 4) is 0 Å². The van der Waals surface area contributed by atoms with E-state index in [1.165, 1.54) is 0 Å². The molecule has 1 aromatic carbocycles. The number of fused-ring (bicyclic) bond motifs is 6. The summed E-state index contributed by atoms with van der Waals surface area (Å²) in [6.07, 6.45) is 7.60. The monoisotopic (exact) mass is 322 g/mol. The largest absolute Gasteiger partial charge is 0.362 e. The van der Waals surface area contributed by atoms with Gasteiger partial charge in [-0.2, -0.15) is 0 Å². The molecule has 1 saturated heterocycles. The molecule has 1 aliphatic heterocycles. The van der Waals surface area contributed by atoms with Gasteiger partial charge in [0, 0.05) is 23.0 Å². The van der Waals surface area contributed by atoms with Crippen LogP contribution in [0.4, 0.5) is 17.6 Å². The van der Waals surface area contributed by atoms with Crippen LogP contribution in [-0.4, -0.2) is 11.2 Å². The molecule has 4 atom stereocenters. The predicted octanol–water partition coefficient (Wildman–Crippen LogP) is 4.34. The van der Waals surface area contributed by atoms with Gasteiger partial charge < -0.3 is 4.74 Å². The van der Waals surface area contributed by atoms with Crippen LogP contribution < -0.4 is 0 Å². The van der Waals surface area contributed by atoms with Gasteiger partial charge >= 0.3 is 0 Å². The Labute approximate surface area is 130 Å². The number of ether oxygens (including phenoxy) is 1. The van der Waals surface area contributed by atoms with Crippen molar-refractivity contribution in [1.29, 1.82) is 0 Å². The lowest BCUT2D eigenvalue weighted by Crippen LogP contribution is -2.25. The maximum absolute atomic E-state index is 14.5. The Morgan fingerprint density at radius 3 is 1.52 bits per heavy atom. The van der Waals surface area contributed by atoms with Gasteiger partial charge in [-0.3, -0.25) is 0 Å². The summed E-state index contributed by atoms with van der Waals surface area (Å²) in [5.41, 5.74) is -1.42. The molecule has 2 fully saturated rings. The van der Waals surface area contributed by atoms with E-state index in [0.717, 1.165) is 0 Å². The Hall–Kier alpha value is -1.62. The average Bonchev–Trinajstić information content (AvgIpc) is 2.85. The zero-order valence-corrected chi connectivity index (χ0v) is 12.5. The average molecular weight is 322 g/mol. The first-order chi connectivity index (χ1) is 10.8. The van der Waals surface area contributed by atoms with E-state index >= 15 is 0 Å². The van der Waals surface area contributed by atoms with Crippen molar-refractivity contribution in [3.63, 3.8) is 0 Å². The Morgan fingerprint density at radius 1 is 0.783 bits per heavy atom. The molecule has 5 rings (SSSR count). The second kappa shape index (κ2) is 3.72. The van der Waals surface area contributed by atoms with Crippen molar-refractivity contribution >= 4 is 0 Å². The Morgan fingerprint density at radius 2 is 1.17 bits per heavy atom. The minimum Gasteiger partial charge on any atom is -0.362 e. The molecule has 0 radical (unpaired) electrons. The minimum absolute atomic E-state index is 0.0295. The zero-order valence-electron chi connectivity index (χ0n) is 12.5. The number of epoxide rings is 1. The lowest BCUT2D eigenvalue weighted by molar-refractivity contribution is 0.253. The zero-order chi connectivity index (χ0) is 16.3. The molecule has 1 nitrogen and oxygen atoms in total. The molecule has 4 aliphatic rings. The van der Waals surface area contributed by atoms with E-state index in [0.29, 0.717) is 0 Å². The fourth-order valence-electron chi connectivity index (χ4n) is 5.43. The van der Waals surface area contributed by atoms with Crippen LogP contribution in [0.5, 0.6) is 0 Å². The third-order valence-electron chi connectivity index (χ3n) is 6.20. The summed E-state index contributed by atoms with van der Waals surface area (Å²) in [5, 5.41) is 0. The number of hydrogen-bond acceptors (Lipinski definition) is 1. The first kappa shape index (κ1) is 13.8. The second-order valence-corrected chi connectivity index (χ2v) is 7.37. The van der Waals surface area contributed by atoms with Crippen LogP contribution in [0.25, 0.3) is 0 Å². The molecule has 0 unspecified atom stereocenters. The van der Waals surface area contributed by atoms with Crippen molar-refractivity contribution in [2.24, 2.45) is 11.8 Å². The quantitative estimate of drug-likeness (QED) is 0.299. The van der Waals surface area contributed by atoms with Gasteiger partial charge in [-0.15, -0.1) is 0 Å². The first-order valence-electron chi connectivity index (χ1n) is 7.74. The van der Waals surface area contributed by atoms with Gasteiger partial charge in [0.1, 0.15) is 5.60 Å². The minimum atomic E-state index is -1.73. The molecule has 1 spiro atoms. The standard InChI is InChI=1S/C18H14F4O/c1-17(2)18(23-17)11-7-5-3-4-6-8(7)12(18)10-9(11)13(19)15(21)16(22)14(10)20/h3-8,11-12H,1-2H3/t7-,8-,11+,12+/m0/s1. The van der Waals surface area contributed by atoms with Crippen LogP contribution in [0.1, 0.15) is 36.8 Å². The lowest BCUT2D eigenvalue weighted by atomic mass is 9.73. The van der Waals surface area contributed by atoms with Crippen LogP contribution in [0.3, 0.4) is 0 Å². The second-order valence-electron chi connectivity index (χ2n) is 7.37. The summed E-state index contributed by atoms with van der Waals surface area (Å²) in [6.45, 7) is 3.73. The fraction of sp³-hybridized carbons (Fsp3) is 0.444. The van der Waals surface area contributed by atoms with Crippen LogP contribution in [0.15, 0.2) is 24.3 Å². The summed E-state index contributed by atoms with van der Waals surface area (Å²) in [6, 6.07) is 0. The highest BCUT2D eigenvalue weighted by molar-refractivity contribution is 5.58. The number of rotatable bonds is 0.